The number of para-hydroxylation sites is 1. The smallest absolute Gasteiger partial charge is 0.223 e. The standard InChI is InChI=1S/C14H18ClNO6/c1-7(18)16-11-13(20)12(19)10(6-17)22-14(11)21-9-5-3-2-4-8(9)15/h2-5,10-14,17,19-20H,6H2,1H3,(H,16,18)/t10-,11-,12+,13+,14+/m1/s1. The fourth-order valence-electron chi connectivity index (χ4n) is 2.24. The van der Waals surface area contributed by atoms with Crippen LogP contribution in [0.1, 0.15) is 6.92 Å². The average molecular weight is 332 g/mol. The molecule has 2 rings (SSSR count). The Morgan fingerprint density at radius 2 is 2.05 bits per heavy atom. The van der Waals surface area contributed by atoms with E-state index in [9.17, 15) is 20.1 Å². The maximum Gasteiger partial charge on any atom is 0.223 e. The zero-order valence-electron chi connectivity index (χ0n) is 11.8. The number of carbonyl (C=O) groups excluding carboxylic acids is 1. The second kappa shape index (κ2) is 7.26. The summed E-state index contributed by atoms with van der Waals surface area (Å²) in [5, 5.41) is 32.0. The Labute approximate surface area is 132 Å². The summed E-state index contributed by atoms with van der Waals surface area (Å²) in [6.45, 7) is 0.761. The number of aliphatic hydroxyl groups is 3. The number of benzene rings is 1. The van der Waals surface area contributed by atoms with Gasteiger partial charge in [0.1, 0.15) is 30.1 Å². The second-order valence-electron chi connectivity index (χ2n) is 4.98. The molecule has 22 heavy (non-hydrogen) atoms. The van der Waals surface area contributed by atoms with Gasteiger partial charge in [0.25, 0.3) is 0 Å². The van der Waals surface area contributed by atoms with Gasteiger partial charge in [0.2, 0.25) is 12.2 Å². The molecule has 1 heterocycles. The summed E-state index contributed by atoms with van der Waals surface area (Å²) in [5.41, 5.74) is 0. The molecule has 8 heteroatoms. The van der Waals surface area contributed by atoms with Gasteiger partial charge in [-0.2, -0.15) is 0 Å². The number of aliphatic hydroxyl groups excluding tert-OH is 3. The van der Waals surface area contributed by atoms with Crippen LogP contribution in [0.2, 0.25) is 5.02 Å². The number of halogens is 1. The maximum absolute atomic E-state index is 11.3. The van der Waals surface area contributed by atoms with Crippen molar-refractivity contribution in [3.8, 4) is 5.75 Å². The van der Waals surface area contributed by atoms with Crippen molar-refractivity contribution in [3.63, 3.8) is 0 Å². The molecule has 1 fully saturated rings. The van der Waals surface area contributed by atoms with E-state index >= 15 is 0 Å². The predicted octanol–water partition coefficient (Wildman–Crippen LogP) is -0.338. The molecule has 1 aromatic rings. The molecule has 1 aliphatic heterocycles. The molecule has 1 aliphatic rings. The fraction of sp³-hybridized carbons (Fsp3) is 0.500. The second-order valence-corrected chi connectivity index (χ2v) is 5.39. The lowest BCUT2D eigenvalue weighted by molar-refractivity contribution is -0.244. The minimum absolute atomic E-state index is 0.296. The average Bonchev–Trinajstić information content (AvgIpc) is 2.48. The number of rotatable bonds is 4. The molecule has 0 unspecified atom stereocenters. The van der Waals surface area contributed by atoms with Crippen molar-refractivity contribution in [2.45, 2.75) is 37.6 Å². The van der Waals surface area contributed by atoms with Crippen molar-refractivity contribution in [1.29, 1.82) is 0 Å². The van der Waals surface area contributed by atoms with Crippen LogP contribution in [0.25, 0.3) is 0 Å². The van der Waals surface area contributed by atoms with Crippen LogP contribution in [0.15, 0.2) is 24.3 Å². The van der Waals surface area contributed by atoms with E-state index in [4.69, 9.17) is 21.1 Å². The Bertz CT molecular complexity index is 528. The third-order valence-corrected chi connectivity index (χ3v) is 3.64. The normalized spacial score (nSPS) is 31.6. The van der Waals surface area contributed by atoms with E-state index in [1.165, 1.54) is 6.92 Å². The van der Waals surface area contributed by atoms with Crippen LogP contribution in [-0.4, -0.2) is 58.5 Å². The number of amides is 1. The lowest BCUT2D eigenvalue weighted by Crippen LogP contribution is -2.65. The molecule has 122 valence electrons. The van der Waals surface area contributed by atoms with E-state index in [0.717, 1.165) is 0 Å². The monoisotopic (exact) mass is 331 g/mol. The van der Waals surface area contributed by atoms with Gasteiger partial charge in [-0.1, -0.05) is 23.7 Å². The van der Waals surface area contributed by atoms with Gasteiger partial charge in [0.15, 0.2) is 0 Å². The number of ether oxygens (including phenoxy) is 2. The molecule has 0 radical (unpaired) electrons. The van der Waals surface area contributed by atoms with Crippen LogP contribution in [0, 0.1) is 0 Å². The van der Waals surface area contributed by atoms with Gasteiger partial charge >= 0.3 is 0 Å². The van der Waals surface area contributed by atoms with E-state index in [-0.39, 0.29) is 0 Å². The molecule has 1 saturated heterocycles. The van der Waals surface area contributed by atoms with Crippen molar-refractivity contribution in [2.75, 3.05) is 6.61 Å². The SMILES string of the molecule is CC(=O)N[C@H]1[C@@H](Oc2ccccc2Cl)O[C@H](CO)[C@H](O)[C@H]1O. The summed E-state index contributed by atoms with van der Waals surface area (Å²) < 4.78 is 11.0. The van der Waals surface area contributed by atoms with E-state index in [1.54, 1.807) is 24.3 Å². The minimum Gasteiger partial charge on any atom is -0.461 e. The molecule has 5 atom stereocenters. The predicted molar refractivity (Wildman–Crippen MR) is 77.4 cm³/mol. The van der Waals surface area contributed by atoms with Gasteiger partial charge in [-0.15, -0.1) is 0 Å². The van der Waals surface area contributed by atoms with Gasteiger partial charge < -0.3 is 30.1 Å². The minimum atomic E-state index is -1.36. The van der Waals surface area contributed by atoms with E-state index < -0.39 is 43.2 Å². The van der Waals surface area contributed by atoms with Gasteiger partial charge in [0.05, 0.1) is 11.6 Å². The molecular weight excluding hydrogens is 314 g/mol. The molecule has 0 bridgehead atoms. The number of hydrogen-bond donors (Lipinski definition) is 4. The summed E-state index contributed by atoms with van der Waals surface area (Å²) in [5.74, 6) is -0.125. The largest absolute Gasteiger partial charge is 0.461 e. The first kappa shape index (κ1) is 17.0. The van der Waals surface area contributed by atoms with Crippen LogP contribution in [0.4, 0.5) is 0 Å². The number of nitrogens with one attached hydrogen (secondary N) is 1. The van der Waals surface area contributed by atoms with Gasteiger partial charge in [-0.25, -0.2) is 0 Å². The number of carbonyl (C=O) groups is 1. The Morgan fingerprint density at radius 3 is 2.64 bits per heavy atom. The Balaban J connectivity index is 2.23. The van der Waals surface area contributed by atoms with Crippen LogP contribution in [-0.2, 0) is 9.53 Å². The molecule has 0 aliphatic carbocycles. The summed E-state index contributed by atoms with van der Waals surface area (Å²) in [6.07, 6.45) is -4.86. The van der Waals surface area contributed by atoms with Gasteiger partial charge in [0, 0.05) is 6.92 Å². The highest BCUT2D eigenvalue weighted by molar-refractivity contribution is 6.32. The third kappa shape index (κ3) is 3.68. The number of hydrogen-bond acceptors (Lipinski definition) is 6. The van der Waals surface area contributed by atoms with Crippen molar-refractivity contribution in [3.05, 3.63) is 29.3 Å². The summed E-state index contributed by atoms with van der Waals surface area (Å²) in [7, 11) is 0. The zero-order chi connectivity index (χ0) is 16.3. The lowest BCUT2D eigenvalue weighted by atomic mass is 9.97. The zero-order valence-corrected chi connectivity index (χ0v) is 12.6. The molecule has 4 N–H and O–H groups in total. The summed E-state index contributed by atoms with van der Waals surface area (Å²) in [4.78, 5) is 11.3. The highest BCUT2D eigenvalue weighted by Crippen LogP contribution is 2.28. The Morgan fingerprint density at radius 1 is 1.36 bits per heavy atom. The molecule has 1 aromatic carbocycles. The van der Waals surface area contributed by atoms with Gasteiger partial charge in [-0.05, 0) is 12.1 Å². The Hall–Kier alpha value is -1.38. The third-order valence-electron chi connectivity index (χ3n) is 3.33. The molecule has 7 nitrogen and oxygen atoms in total. The Kier molecular flexibility index (Phi) is 5.60. The fourth-order valence-corrected chi connectivity index (χ4v) is 2.42. The van der Waals surface area contributed by atoms with E-state index in [0.29, 0.717) is 10.8 Å². The highest BCUT2D eigenvalue weighted by Gasteiger charge is 2.46. The van der Waals surface area contributed by atoms with Crippen LogP contribution >= 0.6 is 11.6 Å². The topological polar surface area (TPSA) is 108 Å². The van der Waals surface area contributed by atoms with Crippen LogP contribution < -0.4 is 10.1 Å². The summed E-state index contributed by atoms with van der Waals surface area (Å²) in [6, 6.07) is 5.62. The highest BCUT2D eigenvalue weighted by atomic mass is 35.5. The lowest BCUT2D eigenvalue weighted by Gasteiger charge is -2.42. The van der Waals surface area contributed by atoms with E-state index in [1.807, 2.05) is 0 Å². The van der Waals surface area contributed by atoms with Crippen molar-refractivity contribution >= 4 is 17.5 Å². The molecule has 1 amide bonds. The van der Waals surface area contributed by atoms with Crippen molar-refractivity contribution in [2.24, 2.45) is 0 Å². The maximum atomic E-state index is 11.3. The molecule has 0 spiro atoms. The van der Waals surface area contributed by atoms with Crippen molar-refractivity contribution in [1.82, 2.24) is 5.32 Å². The van der Waals surface area contributed by atoms with Crippen LogP contribution in [0.5, 0.6) is 5.75 Å². The van der Waals surface area contributed by atoms with Crippen molar-refractivity contribution < 1.29 is 29.6 Å². The van der Waals surface area contributed by atoms with Crippen LogP contribution in [0.3, 0.4) is 0 Å². The molecule has 0 saturated carbocycles. The van der Waals surface area contributed by atoms with Gasteiger partial charge in [-0.3, -0.25) is 4.79 Å². The first-order valence-electron chi connectivity index (χ1n) is 6.74. The first-order valence-corrected chi connectivity index (χ1v) is 7.12. The summed E-state index contributed by atoms with van der Waals surface area (Å²) >= 11 is 6.00. The quantitative estimate of drug-likeness (QED) is 0.601. The van der Waals surface area contributed by atoms with E-state index in [2.05, 4.69) is 5.32 Å². The molecular formula is C14H18ClNO6. The molecule has 0 aromatic heterocycles. The first-order chi connectivity index (χ1) is 10.4.